The molecule has 0 spiro atoms. The lowest BCUT2D eigenvalue weighted by molar-refractivity contribution is -0.129. The maximum Gasteiger partial charge on any atom is 0.223 e. The molecule has 0 aromatic heterocycles. The van der Waals surface area contributed by atoms with E-state index >= 15 is 0 Å². The Bertz CT molecular complexity index is 147. The second kappa shape index (κ2) is 3.72. The van der Waals surface area contributed by atoms with E-state index in [0.29, 0.717) is 12.5 Å². The highest BCUT2D eigenvalue weighted by atomic mass is 16.2. The van der Waals surface area contributed by atoms with E-state index in [1.165, 1.54) is 0 Å². The van der Waals surface area contributed by atoms with Gasteiger partial charge in [0.15, 0.2) is 0 Å². The zero-order valence-electron chi connectivity index (χ0n) is 7.26. The van der Waals surface area contributed by atoms with Crippen LogP contribution in [0.3, 0.4) is 0 Å². The largest absolute Gasteiger partial charge is 0.346 e. The Morgan fingerprint density at radius 3 is 3.00 bits per heavy atom. The molecule has 1 heterocycles. The Morgan fingerprint density at radius 2 is 2.36 bits per heavy atom. The number of carbonyl (C=O) groups excluding carboxylic acids is 1. The number of hydrogen-bond acceptors (Lipinski definition) is 2. The first-order valence-corrected chi connectivity index (χ1v) is 4.15. The fourth-order valence-electron chi connectivity index (χ4n) is 1.41. The fourth-order valence-corrected chi connectivity index (χ4v) is 1.41. The van der Waals surface area contributed by atoms with Gasteiger partial charge in [-0.1, -0.05) is 0 Å². The molecule has 1 N–H and O–H groups in total. The summed E-state index contributed by atoms with van der Waals surface area (Å²) in [6.07, 6.45) is 2.90. The molecular formula is C8H16N2O. The SMILES string of the molecule is CNC1CCCN(C)C(=O)C1. The number of amides is 1. The van der Waals surface area contributed by atoms with Crippen molar-refractivity contribution in [1.29, 1.82) is 0 Å². The molecule has 1 aliphatic rings. The molecule has 1 aliphatic heterocycles. The van der Waals surface area contributed by atoms with Crippen LogP contribution < -0.4 is 5.32 Å². The molecule has 1 unspecified atom stereocenters. The molecule has 0 aromatic rings. The Hall–Kier alpha value is -0.570. The third kappa shape index (κ3) is 2.19. The van der Waals surface area contributed by atoms with E-state index < -0.39 is 0 Å². The molecule has 64 valence electrons. The molecule has 1 fully saturated rings. The number of nitrogens with zero attached hydrogens (tertiary/aromatic N) is 1. The summed E-state index contributed by atoms with van der Waals surface area (Å²) in [5.74, 6) is 0.266. The lowest BCUT2D eigenvalue weighted by Gasteiger charge is -2.13. The molecule has 0 bridgehead atoms. The average molecular weight is 156 g/mol. The van der Waals surface area contributed by atoms with E-state index in [2.05, 4.69) is 5.32 Å². The van der Waals surface area contributed by atoms with Crippen molar-refractivity contribution in [2.45, 2.75) is 25.3 Å². The second-order valence-corrected chi connectivity index (χ2v) is 3.15. The molecule has 0 aliphatic carbocycles. The molecule has 1 atom stereocenters. The molecule has 11 heavy (non-hydrogen) atoms. The van der Waals surface area contributed by atoms with Gasteiger partial charge in [0.1, 0.15) is 0 Å². The third-order valence-electron chi connectivity index (χ3n) is 2.30. The van der Waals surface area contributed by atoms with E-state index in [4.69, 9.17) is 0 Å². The minimum atomic E-state index is 0.266. The number of carbonyl (C=O) groups is 1. The van der Waals surface area contributed by atoms with E-state index in [0.717, 1.165) is 19.4 Å². The number of rotatable bonds is 1. The molecule has 1 saturated heterocycles. The van der Waals surface area contributed by atoms with Crippen LogP contribution in [-0.4, -0.2) is 37.5 Å². The summed E-state index contributed by atoms with van der Waals surface area (Å²) in [7, 11) is 3.80. The van der Waals surface area contributed by atoms with Crippen LogP contribution in [0.25, 0.3) is 0 Å². The molecule has 0 saturated carbocycles. The maximum atomic E-state index is 11.3. The smallest absolute Gasteiger partial charge is 0.223 e. The predicted octanol–water partition coefficient (Wildman–Crippen LogP) is 0.217. The first-order chi connectivity index (χ1) is 5.24. The van der Waals surface area contributed by atoms with Crippen LogP contribution in [0.15, 0.2) is 0 Å². The number of likely N-dealkylation sites (tertiary alicyclic amines) is 1. The monoisotopic (exact) mass is 156 g/mol. The Balaban J connectivity index is 2.48. The Kier molecular flexibility index (Phi) is 2.88. The van der Waals surface area contributed by atoms with Crippen LogP contribution in [0.4, 0.5) is 0 Å². The summed E-state index contributed by atoms with van der Waals surface area (Å²) in [6.45, 7) is 0.914. The number of hydrogen-bond donors (Lipinski definition) is 1. The van der Waals surface area contributed by atoms with Gasteiger partial charge in [0.05, 0.1) is 0 Å². The van der Waals surface area contributed by atoms with E-state index in [9.17, 15) is 4.79 Å². The minimum absolute atomic E-state index is 0.266. The van der Waals surface area contributed by atoms with Crippen molar-refractivity contribution < 1.29 is 4.79 Å². The van der Waals surface area contributed by atoms with Crippen LogP contribution in [-0.2, 0) is 4.79 Å². The summed E-state index contributed by atoms with van der Waals surface area (Å²) in [5, 5.41) is 3.15. The summed E-state index contributed by atoms with van der Waals surface area (Å²) in [5.41, 5.74) is 0. The third-order valence-corrected chi connectivity index (χ3v) is 2.30. The summed E-state index contributed by atoms with van der Waals surface area (Å²) in [4.78, 5) is 13.1. The van der Waals surface area contributed by atoms with Gasteiger partial charge < -0.3 is 10.2 Å². The molecule has 3 nitrogen and oxygen atoms in total. The van der Waals surface area contributed by atoms with Crippen molar-refractivity contribution in [3.8, 4) is 0 Å². The van der Waals surface area contributed by atoms with Crippen molar-refractivity contribution >= 4 is 5.91 Å². The quantitative estimate of drug-likeness (QED) is 0.589. The zero-order chi connectivity index (χ0) is 8.27. The van der Waals surface area contributed by atoms with Crippen molar-refractivity contribution in [2.24, 2.45) is 0 Å². The van der Waals surface area contributed by atoms with E-state index in [1.807, 2.05) is 19.0 Å². The van der Waals surface area contributed by atoms with Crippen molar-refractivity contribution in [3.05, 3.63) is 0 Å². The van der Waals surface area contributed by atoms with Crippen molar-refractivity contribution in [1.82, 2.24) is 10.2 Å². The maximum absolute atomic E-state index is 11.3. The molecular weight excluding hydrogens is 140 g/mol. The minimum Gasteiger partial charge on any atom is -0.346 e. The van der Waals surface area contributed by atoms with E-state index in [1.54, 1.807) is 0 Å². The first-order valence-electron chi connectivity index (χ1n) is 4.15. The van der Waals surface area contributed by atoms with Crippen LogP contribution in [0.5, 0.6) is 0 Å². The van der Waals surface area contributed by atoms with Gasteiger partial charge in [-0.2, -0.15) is 0 Å². The van der Waals surface area contributed by atoms with Gasteiger partial charge in [-0.25, -0.2) is 0 Å². The highest BCUT2D eigenvalue weighted by Crippen LogP contribution is 2.09. The average Bonchev–Trinajstić information content (AvgIpc) is 2.15. The predicted molar refractivity (Wildman–Crippen MR) is 44.3 cm³/mol. The Morgan fingerprint density at radius 1 is 1.64 bits per heavy atom. The molecule has 1 amide bonds. The van der Waals surface area contributed by atoms with Crippen LogP contribution in [0.2, 0.25) is 0 Å². The first kappa shape index (κ1) is 8.53. The van der Waals surface area contributed by atoms with Crippen LogP contribution in [0, 0.1) is 0 Å². The van der Waals surface area contributed by atoms with Gasteiger partial charge in [-0.3, -0.25) is 4.79 Å². The normalized spacial score (nSPS) is 26.9. The summed E-state index contributed by atoms with van der Waals surface area (Å²) >= 11 is 0. The molecule has 3 heteroatoms. The van der Waals surface area contributed by atoms with Crippen molar-refractivity contribution in [2.75, 3.05) is 20.6 Å². The highest BCUT2D eigenvalue weighted by Gasteiger charge is 2.18. The van der Waals surface area contributed by atoms with E-state index in [-0.39, 0.29) is 5.91 Å². The summed E-state index contributed by atoms with van der Waals surface area (Å²) in [6, 6.07) is 0.396. The van der Waals surface area contributed by atoms with Gasteiger partial charge in [-0.15, -0.1) is 0 Å². The van der Waals surface area contributed by atoms with Gasteiger partial charge >= 0.3 is 0 Å². The standard InChI is InChI=1S/C8H16N2O/c1-9-7-4-3-5-10(2)8(11)6-7/h7,9H,3-6H2,1-2H3. The molecule has 0 radical (unpaired) electrons. The highest BCUT2D eigenvalue weighted by molar-refractivity contribution is 5.76. The lowest BCUT2D eigenvalue weighted by atomic mass is 10.1. The van der Waals surface area contributed by atoms with Crippen molar-refractivity contribution in [3.63, 3.8) is 0 Å². The van der Waals surface area contributed by atoms with Gasteiger partial charge in [0, 0.05) is 26.1 Å². The Labute approximate surface area is 67.8 Å². The second-order valence-electron chi connectivity index (χ2n) is 3.15. The zero-order valence-corrected chi connectivity index (χ0v) is 7.26. The number of nitrogens with one attached hydrogen (secondary N) is 1. The van der Waals surface area contributed by atoms with Gasteiger partial charge in [-0.05, 0) is 19.9 Å². The topological polar surface area (TPSA) is 32.3 Å². The van der Waals surface area contributed by atoms with Crippen LogP contribution in [0.1, 0.15) is 19.3 Å². The van der Waals surface area contributed by atoms with Gasteiger partial charge in [0.2, 0.25) is 5.91 Å². The molecule has 1 rings (SSSR count). The molecule has 0 aromatic carbocycles. The summed E-state index contributed by atoms with van der Waals surface area (Å²) < 4.78 is 0. The fraction of sp³-hybridized carbons (Fsp3) is 0.875. The van der Waals surface area contributed by atoms with Gasteiger partial charge in [0.25, 0.3) is 0 Å². The van der Waals surface area contributed by atoms with Crippen LogP contribution >= 0.6 is 0 Å². The lowest BCUT2D eigenvalue weighted by Crippen LogP contribution is -2.31.